The molecule has 0 spiro atoms. The van der Waals surface area contributed by atoms with Gasteiger partial charge >= 0.3 is 0 Å². The van der Waals surface area contributed by atoms with Gasteiger partial charge in [0.2, 0.25) is 5.89 Å². The van der Waals surface area contributed by atoms with Gasteiger partial charge in [0.05, 0.1) is 11.3 Å². The summed E-state index contributed by atoms with van der Waals surface area (Å²) in [5.74, 6) is -1.57. The van der Waals surface area contributed by atoms with Crippen molar-refractivity contribution in [3.63, 3.8) is 0 Å². The predicted molar refractivity (Wildman–Crippen MR) is 139 cm³/mol. The van der Waals surface area contributed by atoms with Crippen LogP contribution < -0.4 is 0 Å². The second-order valence-corrected chi connectivity index (χ2v) is 9.71. The van der Waals surface area contributed by atoms with Crippen molar-refractivity contribution in [1.29, 1.82) is 0 Å². The number of fused-ring (bicyclic) bond motifs is 1. The Labute approximate surface area is 220 Å². The van der Waals surface area contributed by atoms with Crippen LogP contribution in [-0.2, 0) is 28.9 Å². The van der Waals surface area contributed by atoms with Crippen LogP contribution in [0.2, 0.25) is 0 Å². The van der Waals surface area contributed by atoms with Gasteiger partial charge in [-0.05, 0) is 74.3 Å². The number of Topliss-reactive ketones (excluding diaryl/α,β-unsaturated/α-hetero) is 2. The molecule has 5 nitrogen and oxygen atoms in total. The van der Waals surface area contributed by atoms with Gasteiger partial charge in [-0.1, -0.05) is 30.4 Å². The van der Waals surface area contributed by atoms with Crippen molar-refractivity contribution in [3.05, 3.63) is 113 Å². The molecule has 2 heterocycles. The standard InChI is InChI=1S/C31H28F2N2O3/c32-26-14-12-21(18-27(26)33)17-20-5-1-8-25(30(37)15-13-20)29(36)11-2-6-22-19-38-31(35-22)24-7-3-10-28-23(24)9-4-16-34-28/h1,4-5,7-9,12,14,16,18-20H,2-3,6,10-11,13,15,17H2/b5-1-,25-8-. The zero-order valence-electron chi connectivity index (χ0n) is 21.0. The highest BCUT2D eigenvalue weighted by molar-refractivity contribution is 6.20. The normalized spacial score (nSPS) is 19.5. The van der Waals surface area contributed by atoms with Crippen molar-refractivity contribution in [2.45, 2.75) is 51.4 Å². The third-order valence-corrected chi connectivity index (χ3v) is 7.00. The average Bonchev–Trinajstić information content (AvgIpc) is 3.38. The number of benzene rings is 1. The molecule has 0 saturated heterocycles. The first kappa shape index (κ1) is 25.6. The van der Waals surface area contributed by atoms with Crippen LogP contribution in [0.5, 0.6) is 0 Å². The zero-order chi connectivity index (χ0) is 26.5. The number of carbonyl (C=O) groups excluding carboxylic acids is 2. The first-order chi connectivity index (χ1) is 18.5. The Morgan fingerprint density at radius 3 is 2.89 bits per heavy atom. The van der Waals surface area contributed by atoms with E-state index in [9.17, 15) is 18.4 Å². The molecular weight excluding hydrogens is 486 g/mol. The summed E-state index contributed by atoms with van der Waals surface area (Å²) in [7, 11) is 0. The molecule has 0 amide bonds. The summed E-state index contributed by atoms with van der Waals surface area (Å²) in [6.07, 6.45) is 15.2. The second-order valence-electron chi connectivity index (χ2n) is 9.71. The number of rotatable bonds is 8. The van der Waals surface area contributed by atoms with E-state index in [2.05, 4.69) is 16.0 Å². The Morgan fingerprint density at radius 2 is 2.03 bits per heavy atom. The van der Waals surface area contributed by atoms with Crippen LogP contribution in [0, 0.1) is 17.6 Å². The Bertz CT molecular complexity index is 1450. The number of hydrogen-bond donors (Lipinski definition) is 0. The maximum Gasteiger partial charge on any atom is 0.226 e. The molecule has 1 unspecified atom stereocenters. The monoisotopic (exact) mass is 514 g/mol. The third kappa shape index (κ3) is 5.93. The van der Waals surface area contributed by atoms with Gasteiger partial charge in [-0.2, -0.15) is 0 Å². The van der Waals surface area contributed by atoms with E-state index in [1.54, 1.807) is 30.7 Å². The topological polar surface area (TPSA) is 73.1 Å². The van der Waals surface area contributed by atoms with E-state index in [-0.39, 0.29) is 35.9 Å². The van der Waals surface area contributed by atoms with Crippen LogP contribution in [-0.4, -0.2) is 21.5 Å². The maximum absolute atomic E-state index is 13.5. The van der Waals surface area contributed by atoms with Gasteiger partial charge in [0, 0.05) is 35.9 Å². The van der Waals surface area contributed by atoms with Crippen molar-refractivity contribution in [2.24, 2.45) is 5.92 Å². The fraction of sp³-hybridized carbons (Fsp3) is 0.290. The number of halogens is 2. The summed E-state index contributed by atoms with van der Waals surface area (Å²) >= 11 is 0. The number of oxazole rings is 1. The van der Waals surface area contributed by atoms with Crippen LogP contribution in [0.1, 0.15) is 60.5 Å². The minimum Gasteiger partial charge on any atom is -0.444 e. The molecule has 0 N–H and O–H groups in total. The number of aromatic nitrogens is 2. The van der Waals surface area contributed by atoms with E-state index in [0.29, 0.717) is 37.1 Å². The predicted octanol–water partition coefficient (Wildman–Crippen LogP) is 6.32. The highest BCUT2D eigenvalue weighted by Gasteiger charge is 2.22. The van der Waals surface area contributed by atoms with Gasteiger partial charge < -0.3 is 4.42 Å². The van der Waals surface area contributed by atoms with Gasteiger partial charge in [-0.3, -0.25) is 14.6 Å². The lowest BCUT2D eigenvalue weighted by Gasteiger charge is -2.15. The fourth-order valence-electron chi connectivity index (χ4n) is 5.00. The number of ketones is 2. The molecule has 194 valence electrons. The summed E-state index contributed by atoms with van der Waals surface area (Å²) in [6.45, 7) is 0. The van der Waals surface area contributed by atoms with Gasteiger partial charge in [-0.15, -0.1) is 0 Å². The van der Waals surface area contributed by atoms with E-state index in [4.69, 9.17) is 4.42 Å². The van der Waals surface area contributed by atoms with Crippen molar-refractivity contribution in [1.82, 2.24) is 9.97 Å². The molecule has 38 heavy (non-hydrogen) atoms. The van der Waals surface area contributed by atoms with E-state index < -0.39 is 11.6 Å². The molecule has 0 saturated carbocycles. The van der Waals surface area contributed by atoms with Crippen LogP contribution in [0.15, 0.2) is 77.1 Å². The minimum absolute atomic E-state index is 0.0000926. The fourth-order valence-corrected chi connectivity index (χ4v) is 5.00. The SMILES string of the molecule is O=C(CCCc1coc(C2=CCCc3ncccc32)n1)/C1=C/C=C\C(Cc2ccc(F)c(F)c2)CCC1=O. The largest absolute Gasteiger partial charge is 0.444 e. The lowest BCUT2D eigenvalue weighted by atomic mass is 9.88. The average molecular weight is 515 g/mol. The van der Waals surface area contributed by atoms with Gasteiger partial charge in [0.15, 0.2) is 23.2 Å². The second kappa shape index (κ2) is 11.6. The van der Waals surface area contributed by atoms with Gasteiger partial charge in [0.1, 0.15) is 6.26 Å². The molecule has 1 atom stereocenters. The summed E-state index contributed by atoms with van der Waals surface area (Å²) in [6, 6.07) is 7.78. The van der Waals surface area contributed by atoms with Crippen LogP contribution in [0.25, 0.3) is 5.57 Å². The molecule has 2 aliphatic carbocycles. The Hall–Kier alpha value is -4.00. The van der Waals surface area contributed by atoms with Crippen molar-refractivity contribution in [3.8, 4) is 0 Å². The third-order valence-electron chi connectivity index (χ3n) is 7.00. The minimum atomic E-state index is -0.878. The molecule has 0 aliphatic heterocycles. The highest BCUT2D eigenvalue weighted by Crippen LogP contribution is 2.30. The molecule has 2 aromatic heterocycles. The zero-order valence-corrected chi connectivity index (χ0v) is 21.0. The molecule has 5 rings (SSSR count). The highest BCUT2D eigenvalue weighted by atomic mass is 19.2. The summed E-state index contributed by atoms with van der Waals surface area (Å²) in [5, 5.41) is 0. The van der Waals surface area contributed by atoms with E-state index in [1.165, 1.54) is 6.07 Å². The number of nitrogens with zero attached hydrogens (tertiary/aromatic N) is 2. The number of hydrogen-bond acceptors (Lipinski definition) is 5. The lowest BCUT2D eigenvalue weighted by molar-refractivity contribution is -0.121. The Balaban J connectivity index is 1.16. The van der Waals surface area contributed by atoms with Crippen LogP contribution >= 0.6 is 0 Å². The molecule has 7 heteroatoms. The molecule has 0 bridgehead atoms. The summed E-state index contributed by atoms with van der Waals surface area (Å²) in [5.41, 5.74) is 4.67. The summed E-state index contributed by atoms with van der Waals surface area (Å²) < 4.78 is 32.5. The molecule has 0 fully saturated rings. The molecule has 0 radical (unpaired) electrons. The smallest absolute Gasteiger partial charge is 0.226 e. The van der Waals surface area contributed by atoms with Crippen molar-refractivity contribution in [2.75, 3.05) is 0 Å². The number of aryl methyl sites for hydroxylation is 2. The first-order valence-corrected chi connectivity index (χ1v) is 13.0. The maximum atomic E-state index is 13.5. The quantitative estimate of drug-likeness (QED) is 0.329. The van der Waals surface area contributed by atoms with E-state index in [1.807, 2.05) is 18.2 Å². The molecular formula is C31H28F2N2O3. The first-order valence-electron chi connectivity index (χ1n) is 13.0. The van der Waals surface area contributed by atoms with Crippen LogP contribution in [0.3, 0.4) is 0 Å². The van der Waals surface area contributed by atoms with E-state index >= 15 is 0 Å². The van der Waals surface area contributed by atoms with E-state index in [0.717, 1.165) is 41.4 Å². The number of pyridine rings is 1. The Kier molecular flexibility index (Phi) is 7.82. The van der Waals surface area contributed by atoms with Gasteiger partial charge in [0.25, 0.3) is 0 Å². The van der Waals surface area contributed by atoms with Crippen molar-refractivity contribution >= 4 is 17.1 Å². The molecule has 3 aromatic rings. The molecule has 1 aromatic carbocycles. The van der Waals surface area contributed by atoms with Crippen LogP contribution in [0.4, 0.5) is 8.78 Å². The Morgan fingerprint density at radius 1 is 1.13 bits per heavy atom. The molecule has 2 aliphatic rings. The lowest BCUT2D eigenvalue weighted by Crippen LogP contribution is -2.16. The summed E-state index contributed by atoms with van der Waals surface area (Å²) in [4.78, 5) is 34.7. The number of allylic oxidation sites excluding steroid dienone is 5. The van der Waals surface area contributed by atoms with Crippen molar-refractivity contribution < 1.29 is 22.8 Å². The van der Waals surface area contributed by atoms with Gasteiger partial charge in [-0.25, -0.2) is 13.8 Å². The number of carbonyl (C=O) groups is 2.